The Hall–Kier alpha value is -3.10. The maximum Gasteiger partial charge on any atom is 0.417 e. The lowest BCUT2D eigenvalue weighted by atomic mass is 9.95. The Bertz CT molecular complexity index is 1290. The first-order chi connectivity index (χ1) is 18.5. The maximum absolute atomic E-state index is 12.8. The summed E-state index contributed by atoms with van der Waals surface area (Å²) in [6.45, 7) is 11.8. The number of hydrogen-bond acceptors (Lipinski definition) is 8. The lowest BCUT2D eigenvalue weighted by Gasteiger charge is -2.35. The number of amides is 1. The van der Waals surface area contributed by atoms with Gasteiger partial charge in [0.1, 0.15) is 11.8 Å². The van der Waals surface area contributed by atoms with Crippen molar-refractivity contribution in [2.45, 2.75) is 76.9 Å². The molecule has 0 fully saturated rings. The third-order valence-electron chi connectivity index (χ3n) is 7.19. The van der Waals surface area contributed by atoms with E-state index in [-0.39, 0.29) is 23.9 Å². The van der Waals surface area contributed by atoms with E-state index in [0.717, 1.165) is 12.3 Å². The molecule has 0 aliphatic rings. The monoisotopic (exact) mass is 581 g/mol. The van der Waals surface area contributed by atoms with Crippen LogP contribution in [-0.2, 0) is 33.3 Å². The summed E-state index contributed by atoms with van der Waals surface area (Å²) in [5.41, 5.74) is 0.235. The third-order valence-corrected chi connectivity index (χ3v) is 11.7. The Morgan fingerprint density at radius 3 is 2.25 bits per heavy atom. The molecule has 0 bridgehead atoms. The molecule has 9 nitrogen and oxygen atoms in total. The number of aromatic nitrogens is 2. The number of rotatable bonds is 10. The fourth-order valence-corrected chi connectivity index (χ4v) is 4.33. The van der Waals surface area contributed by atoms with Gasteiger partial charge in [-0.3, -0.25) is 15.0 Å². The number of aliphatic hydroxyl groups excluding tert-OH is 1. The normalized spacial score (nSPS) is 15.0. The molecule has 218 valence electrons. The maximum atomic E-state index is 12.8. The summed E-state index contributed by atoms with van der Waals surface area (Å²) in [6, 6.07) is 10.3. The quantitative estimate of drug-likeness (QED) is 0.156. The van der Waals surface area contributed by atoms with Gasteiger partial charge in [0.25, 0.3) is 5.91 Å². The Labute approximate surface area is 231 Å². The second kappa shape index (κ2) is 11.8. The average molecular weight is 582 g/mol. The highest BCUT2D eigenvalue weighted by atomic mass is 28.4. The third kappa shape index (κ3) is 7.15. The minimum atomic E-state index is -4.48. The fraction of sp³-hybridized carbons (Fsp3) is 0.444. The topological polar surface area (TPSA) is 127 Å². The van der Waals surface area contributed by atoms with E-state index in [1.54, 1.807) is 24.3 Å². The number of halogens is 3. The number of nitrogens with one attached hydrogen (secondary N) is 1. The van der Waals surface area contributed by atoms with Gasteiger partial charge in [0.2, 0.25) is 0 Å². The molecule has 0 spiro atoms. The van der Waals surface area contributed by atoms with Crippen LogP contribution in [0.4, 0.5) is 13.2 Å². The minimum Gasteiger partial charge on any atom is -0.409 e. The summed E-state index contributed by atoms with van der Waals surface area (Å²) in [6.07, 6.45) is -5.32. The molecule has 0 unspecified atom stereocenters. The molecule has 0 saturated heterocycles. The van der Waals surface area contributed by atoms with Gasteiger partial charge in [-0.1, -0.05) is 50.2 Å². The number of nitrogens with zero attached hydrogens (tertiary/aromatic N) is 2. The molecule has 2 heterocycles. The van der Waals surface area contributed by atoms with Gasteiger partial charge in [-0.15, -0.1) is 0 Å². The molecular weight excluding hydrogens is 547 g/mol. The Morgan fingerprint density at radius 2 is 1.73 bits per heavy atom. The summed E-state index contributed by atoms with van der Waals surface area (Å²) < 4.78 is 55.6. The van der Waals surface area contributed by atoms with E-state index in [2.05, 4.69) is 44.0 Å². The molecule has 40 heavy (non-hydrogen) atoms. The van der Waals surface area contributed by atoms with Crippen molar-refractivity contribution >= 4 is 14.2 Å². The first kappa shape index (κ1) is 31.4. The lowest BCUT2D eigenvalue weighted by molar-refractivity contribution is -0.174. The minimum absolute atomic E-state index is 0.0173. The molecule has 3 N–H and O–H groups in total. The molecule has 1 aromatic carbocycles. The van der Waals surface area contributed by atoms with Crippen molar-refractivity contribution in [2.24, 2.45) is 0 Å². The number of hydrogen-bond donors (Lipinski definition) is 3. The zero-order valence-corrected chi connectivity index (χ0v) is 24.2. The number of alkyl halides is 3. The summed E-state index contributed by atoms with van der Waals surface area (Å²) in [4.78, 5) is 16.4. The van der Waals surface area contributed by atoms with Crippen molar-refractivity contribution in [3.63, 3.8) is 0 Å². The van der Waals surface area contributed by atoms with Gasteiger partial charge in [-0.25, -0.2) is 5.48 Å². The first-order valence-corrected chi connectivity index (χ1v) is 15.4. The number of hydroxylamine groups is 1. The number of carbonyl (C=O) groups is 1. The van der Waals surface area contributed by atoms with Gasteiger partial charge in [0, 0.05) is 17.8 Å². The molecule has 3 rings (SSSR count). The number of pyridine rings is 1. The average Bonchev–Trinajstić information content (AvgIpc) is 3.38. The standard InChI is InChI=1S/C27H34F3N3O6Si/c1-25(2,3)40(5,6)38-16-20-13-22(33-39-20)23(34)26(4,24(35)32-36)37-15-17-7-9-18(10-8-17)21-12-11-19(14-31-21)27(28,29)30/h7-14,23,34,36H,15-16H2,1-6H3,(H,32,35)/t23-,26-/m0/s1. The van der Waals surface area contributed by atoms with Crippen molar-refractivity contribution in [3.8, 4) is 11.3 Å². The van der Waals surface area contributed by atoms with Gasteiger partial charge in [0.15, 0.2) is 19.7 Å². The van der Waals surface area contributed by atoms with Crippen molar-refractivity contribution in [2.75, 3.05) is 0 Å². The Kier molecular flexibility index (Phi) is 9.26. The summed E-state index contributed by atoms with van der Waals surface area (Å²) in [5.74, 6) is -0.647. The smallest absolute Gasteiger partial charge is 0.409 e. The number of benzene rings is 1. The Balaban J connectivity index is 1.71. The molecule has 0 radical (unpaired) electrons. The van der Waals surface area contributed by atoms with Crippen LogP contribution in [0.2, 0.25) is 18.1 Å². The van der Waals surface area contributed by atoms with Gasteiger partial charge in [0.05, 0.1) is 24.5 Å². The lowest BCUT2D eigenvalue weighted by Crippen LogP contribution is -2.50. The van der Waals surface area contributed by atoms with E-state index >= 15 is 0 Å². The van der Waals surface area contributed by atoms with E-state index in [0.29, 0.717) is 22.6 Å². The fourth-order valence-electron chi connectivity index (χ4n) is 3.39. The zero-order valence-electron chi connectivity index (χ0n) is 23.2. The highest BCUT2D eigenvalue weighted by molar-refractivity contribution is 6.74. The van der Waals surface area contributed by atoms with Crippen molar-refractivity contribution in [3.05, 3.63) is 71.2 Å². The first-order valence-electron chi connectivity index (χ1n) is 12.5. The summed E-state index contributed by atoms with van der Waals surface area (Å²) >= 11 is 0. The van der Waals surface area contributed by atoms with Crippen LogP contribution in [0.15, 0.2) is 53.2 Å². The molecule has 2 atom stereocenters. The SMILES string of the molecule is CC(C)(C)[Si](C)(C)OCc1cc([C@H](O)[C@](C)(OCc2ccc(-c3ccc(C(F)(F)F)cn3)cc2)C(=O)NO)no1. The predicted molar refractivity (Wildman–Crippen MR) is 141 cm³/mol. The van der Waals surface area contributed by atoms with Gasteiger partial charge >= 0.3 is 6.18 Å². The van der Waals surface area contributed by atoms with Gasteiger partial charge in [-0.2, -0.15) is 13.2 Å². The number of ether oxygens (including phenoxy) is 1. The van der Waals surface area contributed by atoms with Gasteiger partial charge in [-0.05, 0) is 42.8 Å². The second-order valence-electron chi connectivity index (χ2n) is 11.1. The molecule has 3 aromatic rings. The van der Waals surface area contributed by atoms with Crippen molar-refractivity contribution in [1.29, 1.82) is 0 Å². The molecule has 1 amide bonds. The number of carbonyl (C=O) groups excluding carboxylic acids is 1. The molecule has 0 aliphatic carbocycles. The highest BCUT2D eigenvalue weighted by Crippen LogP contribution is 2.37. The highest BCUT2D eigenvalue weighted by Gasteiger charge is 2.45. The van der Waals surface area contributed by atoms with Crippen LogP contribution in [0.1, 0.15) is 56.4 Å². The van der Waals surface area contributed by atoms with Crippen LogP contribution in [-0.4, -0.2) is 40.3 Å². The molecule has 0 aliphatic heterocycles. The van der Waals surface area contributed by atoms with Crippen LogP contribution in [0.25, 0.3) is 11.3 Å². The molecule has 0 saturated carbocycles. The zero-order chi connectivity index (χ0) is 29.9. The predicted octanol–water partition coefficient (Wildman–Crippen LogP) is 5.79. The molecule has 2 aromatic heterocycles. The largest absolute Gasteiger partial charge is 0.417 e. The van der Waals surface area contributed by atoms with Crippen molar-refractivity contribution in [1.82, 2.24) is 15.6 Å². The summed E-state index contributed by atoms with van der Waals surface area (Å²) in [5, 5.41) is 24.2. The summed E-state index contributed by atoms with van der Waals surface area (Å²) in [7, 11) is -2.07. The van der Waals surface area contributed by atoms with Crippen LogP contribution >= 0.6 is 0 Å². The van der Waals surface area contributed by atoms with E-state index in [9.17, 15) is 28.3 Å². The van der Waals surface area contributed by atoms with Crippen LogP contribution in [0, 0.1) is 0 Å². The van der Waals surface area contributed by atoms with Crippen LogP contribution < -0.4 is 5.48 Å². The molecular formula is C27H34F3N3O6Si. The molecule has 13 heteroatoms. The van der Waals surface area contributed by atoms with Crippen LogP contribution in [0.5, 0.6) is 0 Å². The van der Waals surface area contributed by atoms with Crippen LogP contribution in [0.3, 0.4) is 0 Å². The number of aliphatic hydroxyl groups is 1. The van der Waals surface area contributed by atoms with E-state index < -0.39 is 37.7 Å². The second-order valence-corrected chi connectivity index (χ2v) is 15.9. The van der Waals surface area contributed by atoms with E-state index in [1.165, 1.54) is 24.5 Å². The van der Waals surface area contributed by atoms with Gasteiger partial charge < -0.3 is 18.8 Å². The van der Waals surface area contributed by atoms with Crippen molar-refractivity contribution < 1.29 is 42.0 Å². The Morgan fingerprint density at radius 1 is 1.07 bits per heavy atom. The van der Waals surface area contributed by atoms with E-state index in [1.807, 2.05) is 0 Å². The van der Waals surface area contributed by atoms with E-state index in [4.69, 9.17) is 13.7 Å².